The maximum atomic E-state index is 3.86. The maximum Gasteiger partial charge on any atom is 0.0329 e. The Morgan fingerprint density at radius 3 is 2.43 bits per heavy atom. The largest absolute Gasteiger partial charge is 0.311 e. The Balaban J connectivity index is 1.70. The summed E-state index contributed by atoms with van der Waals surface area (Å²) >= 11 is 0. The highest BCUT2D eigenvalue weighted by molar-refractivity contribution is 5.01. The van der Waals surface area contributed by atoms with Crippen molar-refractivity contribution in [3.63, 3.8) is 0 Å². The predicted octanol–water partition coefficient (Wildman–Crippen LogP) is 3.91. The first kappa shape index (κ1) is 15.8. The Kier molecular flexibility index (Phi) is 4.66. The topological polar surface area (TPSA) is 15.3 Å². The molecule has 2 bridgehead atoms. The summed E-state index contributed by atoms with van der Waals surface area (Å²) in [5.74, 6) is 3.90. The first-order valence-corrected chi connectivity index (χ1v) is 9.56. The molecule has 0 radical (unpaired) electrons. The van der Waals surface area contributed by atoms with Gasteiger partial charge in [-0.3, -0.25) is 4.90 Å². The third-order valence-corrected chi connectivity index (χ3v) is 7.24. The zero-order valence-corrected chi connectivity index (χ0v) is 14.7. The van der Waals surface area contributed by atoms with Gasteiger partial charge in [-0.2, -0.15) is 0 Å². The van der Waals surface area contributed by atoms with Crippen molar-refractivity contribution in [1.82, 2.24) is 10.2 Å². The van der Waals surface area contributed by atoms with Gasteiger partial charge in [0.1, 0.15) is 0 Å². The average molecular weight is 293 g/mol. The maximum absolute atomic E-state index is 3.86. The van der Waals surface area contributed by atoms with Gasteiger partial charge in [-0.1, -0.05) is 34.1 Å². The van der Waals surface area contributed by atoms with Crippen molar-refractivity contribution in [3.8, 4) is 0 Å². The molecule has 3 fully saturated rings. The minimum Gasteiger partial charge on any atom is -0.311 e. The molecule has 1 N–H and O–H groups in total. The second-order valence-corrected chi connectivity index (χ2v) is 8.50. The normalized spacial score (nSPS) is 39.3. The molecule has 122 valence electrons. The van der Waals surface area contributed by atoms with Gasteiger partial charge in [-0.05, 0) is 55.8 Å². The fourth-order valence-corrected chi connectivity index (χ4v) is 5.47. The third kappa shape index (κ3) is 2.91. The Hall–Kier alpha value is -0.0800. The molecule has 2 aliphatic carbocycles. The Morgan fingerprint density at radius 2 is 1.90 bits per heavy atom. The summed E-state index contributed by atoms with van der Waals surface area (Å²) in [5, 5.41) is 3.86. The minimum absolute atomic E-state index is 0.424. The van der Waals surface area contributed by atoms with Crippen molar-refractivity contribution in [1.29, 1.82) is 0 Å². The molecule has 0 aromatic carbocycles. The van der Waals surface area contributed by atoms with Crippen molar-refractivity contribution < 1.29 is 0 Å². The van der Waals surface area contributed by atoms with Gasteiger partial charge >= 0.3 is 0 Å². The number of nitrogens with one attached hydrogen (secondary N) is 1. The SMILES string of the molecule is CCC1(CC)CNC(C(C)C)CN1CC1CC2CCC1C2. The summed E-state index contributed by atoms with van der Waals surface area (Å²) in [6.45, 7) is 13.4. The quantitative estimate of drug-likeness (QED) is 0.826. The second kappa shape index (κ2) is 6.20. The highest BCUT2D eigenvalue weighted by Crippen LogP contribution is 2.49. The number of hydrogen-bond donors (Lipinski definition) is 1. The molecule has 3 rings (SSSR count). The lowest BCUT2D eigenvalue weighted by Crippen LogP contribution is -2.66. The van der Waals surface area contributed by atoms with Crippen LogP contribution in [-0.4, -0.2) is 36.1 Å². The van der Waals surface area contributed by atoms with Crippen molar-refractivity contribution in [2.45, 2.75) is 77.8 Å². The molecule has 21 heavy (non-hydrogen) atoms. The number of hydrogen-bond acceptors (Lipinski definition) is 2. The van der Waals surface area contributed by atoms with Gasteiger partial charge in [-0.25, -0.2) is 0 Å². The number of fused-ring (bicyclic) bond motifs is 2. The van der Waals surface area contributed by atoms with E-state index in [2.05, 4.69) is 37.9 Å². The molecule has 3 aliphatic rings. The monoisotopic (exact) mass is 292 g/mol. The molecule has 2 heteroatoms. The van der Waals surface area contributed by atoms with Gasteiger partial charge in [0.15, 0.2) is 0 Å². The lowest BCUT2D eigenvalue weighted by Gasteiger charge is -2.52. The van der Waals surface area contributed by atoms with Gasteiger partial charge < -0.3 is 5.32 Å². The molecular weight excluding hydrogens is 256 g/mol. The first-order valence-electron chi connectivity index (χ1n) is 9.56. The van der Waals surface area contributed by atoms with Crippen LogP contribution in [0.25, 0.3) is 0 Å². The molecule has 0 spiro atoms. The number of nitrogens with zero attached hydrogens (tertiary/aromatic N) is 1. The van der Waals surface area contributed by atoms with E-state index in [1.807, 2.05) is 0 Å². The fraction of sp³-hybridized carbons (Fsp3) is 1.00. The van der Waals surface area contributed by atoms with Crippen molar-refractivity contribution in [2.75, 3.05) is 19.6 Å². The van der Waals surface area contributed by atoms with E-state index in [4.69, 9.17) is 0 Å². The highest BCUT2D eigenvalue weighted by Gasteiger charge is 2.45. The number of rotatable bonds is 5. The minimum atomic E-state index is 0.424. The smallest absolute Gasteiger partial charge is 0.0329 e. The molecular formula is C19H36N2. The van der Waals surface area contributed by atoms with Crippen LogP contribution in [0.15, 0.2) is 0 Å². The molecule has 1 aliphatic heterocycles. The van der Waals surface area contributed by atoms with Gasteiger partial charge in [-0.15, -0.1) is 0 Å². The van der Waals surface area contributed by atoms with Crippen LogP contribution < -0.4 is 5.32 Å². The first-order chi connectivity index (χ1) is 10.1. The van der Waals surface area contributed by atoms with E-state index in [1.165, 1.54) is 51.7 Å². The fourth-order valence-electron chi connectivity index (χ4n) is 5.47. The molecule has 0 aromatic heterocycles. The van der Waals surface area contributed by atoms with Crippen molar-refractivity contribution in [3.05, 3.63) is 0 Å². The van der Waals surface area contributed by atoms with Gasteiger partial charge in [0, 0.05) is 31.2 Å². The van der Waals surface area contributed by atoms with E-state index in [1.54, 1.807) is 6.42 Å². The summed E-state index contributed by atoms with van der Waals surface area (Å²) in [5.41, 5.74) is 0.424. The van der Waals surface area contributed by atoms with Crippen LogP contribution in [0.5, 0.6) is 0 Å². The second-order valence-electron chi connectivity index (χ2n) is 8.50. The van der Waals surface area contributed by atoms with E-state index in [0.29, 0.717) is 11.6 Å². The van der Waals surface area contributed by atoms with Gasteiger partial charge in [0.25, 0.3) is 0 Å². The molecule has 1 saturated heterocycles. The van der Waals surface area contributed by atoms with E-state index in [-0.39, 0.29) is 0 Å². The molecule has 4 atom stereocenters. The van der Waals surface area contributed by atoms with Crippen LogP contribution in [0.4, 0.5) is 0 Å². The summed E-state index contributed by atoms with van der Waals surface area (Å²) in [7, 11) is 0. The lowest BCUT2D eigenvalue weighted by molar-refractivity contribution is 0.00374. The van der Waals surface area contributed by atoms with Gasteiger partial charge in [0.2, 0.25) is 0 Å². The lowest BCUT2D eigenvalue weighted by atomic mass is 9.82. The molecule has 0 aromatic rings. The Bertz CT molecular complexity index is 347. The van der Waals surface area contributed by atoms with Crippen molar-refractivity contribution >= 4 is 0 Å². The summed E-state index contributed by atoms with van der Waals surface area (Å²) < 4.78 is 0. The molecule has 0 amide bonds. The third-order valence-electron chi connectivity index (χ3n) is 7.24. The van der Waals surface area contributed by atoms with Crippen LogP contribution in [-0.2, 0) is 0 Å². The average Bonchev–Trinajstić information content (AvgIpc) is 3.10. The summed E-state index contributed by atoms with van der Waals surface area (Å²) in [4.78, 5) is 2.92. The van der Waals surface area contributed by atoms with E-state index >= 15 is 0 Å². The Morgan fingerprint density at radius 1 is 1.14 bits per heavy atom. The van der Waals surface area contributed by atoms with Crippen LogP contribution >= 0.6 is 0 Å². The van der Waals surface area contributed by atoms with Gasteiger partial charge in [0.05, 0.1) is 0 Å². The van der Waals surface area contributed by atoms with E-state index in [9.17, 15) is 0 Å². The zero-order chi connectivity index (χ0) is 15.0. The number of piperazine rings is 1. The summed E-state index contributed by atoms with van der Waals surface area (Å²) in [6, 6.07) is 0.690. The van der Waals surface area contributed by atoms with Crippen LogP contribution in [0.2, 0.25) is 0 Å². The molecule has 1 heterocycles. The molecule has 2 saturated carbocycles. The van der Waals surface area contributed by atoms with Crippen LogP contribution in [0.3, 0.4) is 0 Å². The van der Waals surface area contributed by atoms with E-state index in [0.717, 1.165) is 23.7 Å². The van der Waals surface area contributed by atoms with E-state index < -0.39 is 0 Å². The van der Waals surface area contributed by atoms with Crippen LogP contribution in [0, 0.1) is 23.7 Å². The highest BCUT2D eigenvalue weighted by atomic mass is 15.3. The van der Waals surface area contributed by atoms with Crippen LogP contribution in [0.1, 0.15) is 66.2 Å². The van der Waals surface area contributed by atoms with Crippen molar-refractivity contribution in [2.24, 2.45) is 23.7 Å². The predicted molar refractivity (Wildman–Crippen MR) is 90.5 cm³/mol. The standard InChI is InChI=1S/C19H36N2/c1-5-19(6-2)13-20-18(14(3)4)12-21(19)11-17-10-15-7-8-16(17)9-15/h14-18,20H,5-13H2,1-4H3. The molecule has 2 nitrogen and oxygen atoms in total. The molecule has 4 unspecified atom stereocenters. The summed E-state index contributed by atoms with van der Waals surface area (Å²) in [6.07, 6.45) is 8.73. The zero-order valence-electron chi connectivity index (χ0n) is 14.7. The Labute approximate surface area is 132 Å².